The monoisotopic (exact) mass is 463 g/mol. The zero-order valence-corrected chi connectivity index (χ0v) is 20.2. The Balaban J connectivity index is 1.84. The lowest BCUT2D eigenvalue weighted by molar-refractivity contribution is -0.112. The molecule has 1 aliphatic carbocycles. The molecule has 1 unspecified atom stereocenters. The van der Waals surface area contributed by atoms with Gasteiger partial charge in [0.1, 0.15) is 11.8 Å². The van der Waals surface area contributed by atoms with Gasteiger partial charge in [0.25, 0.3) is 5.91 Å². The van der Waals surface area contributed by atoms with E-state index in [1.807, 2.05) is 38.1 Å². The van der Waals surface area contributed by atoms with E-state index in [2.05, 4.69) is 28.8 Å². The van der Waals surface area contributed by atoms with Gasteiger partial charge in [0.05, 0.1) is 29.6 Å². The number of allylic oxidation sites excluding steroid dienone is 3. The van der Waals surface area contributed by atoms with E-state index >= 15 is 0 Å². The summed E-state index contributed by atoms with van der Waals surface area (Å²) in [4.78, 5) is 26.0. The Kier molecular flexibility index (Phi) is 5.37. The second-order valence-electron chi connectivity index (χ2n) is 8.90. The molecule has 3 heterocycles. The van der Waals surface area contributed by atoms with Crippen LogP contribution in [0.2, 0.25) is 0 Å². The number of hydrogen-bond donors (Lipinski definition) is 0. The molecule has 1 aliphatic heterocycles. The fraction of sp³-hybridized carbons (Fsp3) is 0.214. The molecule has 3 aromatic rings. The molecule has 0 spiro atoms. The highest BCUT2D eigenvalue weighted by Gasteiger charge is 2.38. The van der Waals surface area contributed by atoms with Gasteiger partial charge < -0.3 is 9.64 Å². The van der Waals surface area contributed by atoms with Crippen molar-refractivity contribution in [1.29, 1.82) is 5.26 Å². The van der Waals surface area contributed by atoms with E-state index in [0.717, 1.165) is 28.5 Å². The van der Waals surface area contributed by atoms with Gasteiger partial charge in [0, 0.05) is 73.0 Å². The van der Waals surface area contributed by atoms with E-state index in [1.54, 1.807) is 36.5 Å². The Hall–Kier alpha value is -4.44. The first-order valence-corrected chi connectivity index (χ1v) is 11.3. The molecule has 0 radical (unpaired) electrons. The van der Waals surface area contributed by atoms with Crippen LogP contribution in [0.5, 0.6) is 5.75 Å². The van der Waals surface area contributed by atoms with Gasteiger partial charge in [0.2, 0.25) is 0 Å². The average molecular weight is 464 g/mol. The molecule has 0 N–H and O–H groups in total. The highest BCUT2D eigenvalue weighted by molar-refractivity contribution is 6.37. The molecule has 0 saturated heterocycles. The second kappa shape index (κ2) is 8.41. The number of aromatic nitrogens is 2. The maximum atomic E-state index is 13.6. The molecule has 1 saturated carbocycles. The van der Waals surface area contributed by atoms with Crippen molar-refractivity contribution in [1.82, 2.24) is 14.9 Å². The molecule has 1 fully saturated rings. The summed E-state index contributed by atoms with van der Waals surface area (Å²) in [5.74, 6) is 0.765. The maximum absolute atomic E-state index is 13.6. The Morgan fingerprint density at radius 2 is 2.11 bits per heavy atom. The van der Waals surface area contributed by atoms with Crippen molar-refractivity contribution >= 4 is 39.3 Å². The van der Waals surface area contributed by atoms with Crippen LogP contribution in [0, 0.1) is 17.2 Å². The molecular formula is C28H25N5O2. The number of amides is 1. The van der Waals surface area contributed by atoms with E-state index < -0.39 is 0 Å². The topological polar surface area (TPSA) is 82.4 Å². The van der Waals surface area contributed by atoms with Crippen molar-refractivity contribution in [2.24, 2.45) is 5.92 Å². The van der Waals surface area contributed by atoms with E-state index in [9.17, 15) is 10.1 Å². The number of benzene rings is 1. The van der Waals surface area contributed by atoms with Crippen molar-refractivity contribution in [3.8, 4) is 11.8 Å². The van der Waals surface area contributed by atoms with Crippen LogP contribution in [0.25, 0.3) is 22.0 Å². The SMILES string of the molecule is C=C1CC1/C(=C\N(C)C)c1cc2c3c(cnc2cc1OC)C(=CC)C(=O)N3c1ccncc1C#N. The van der Waals surface area contributed by atoms with Crippen LogP contribution in [-0.2, 0) is 4.79 Å². The van der Waals surface area contributed by atoms with Crippen molar-refractivity contribution in [2.45, 2.75) is 13.3 Å². The van der Waals surface area contributed by atoms with Gasteiger partial charge in [-0.15, -0.1) is 0 Å². The minimum absolute atomic E-state index is 0.198. The van der Waals surface area contributed by atoms with Crippen molar-refractivity contribution in [3.63, 3.8) is 0 Å². The number of carbonyl (C=O) groups is 1. The zero-order valence-electron chi connectivity index (χ0n) is 20.2. The van der Waals surface area contributed by atoms with Crippen LogP contribution >= 0.6 is 0 Å². The van der Waals surface area contributed by atoms with Gasteiger partial charge in [-0.25, -0.2) is 0 Å². The number of nitrogens with zero attached hydrogens (tertiary/aromatic N) is 5. The number of fused-ring (bicyclic) bond motifs is 3. The maximum Gasteiger partial charge on any atom is 0.263 e. The van der Waals surface area contributed by atoms with Crippen LogP contribution in [0.3, 0.4) is 0 Å². The molecule has 5 rings (SSSR count). The predicted octanol–water partition coefficient (Wildman–Crippen LogP) is 5.07. The molecule has 7 heteroatoms. The minimum atomic E-state index is -0.198. The predicted molar refractivity (Wildman–Crippen MR) is 137 cm³/mol. The average Bonchev–Trinajstić information content (AvgIpc) is 3.51. The normalized spacial score (nSPS) is 18.1. The highest BCUT2D eigenvalue weighted by atomic mass is 16.5. The molecule has 2 aromatic heterocycles. The van der Waals surface area contributed by atoms with E-state index in [4.69, 9.17) is 4.74 Å². The zero-order chi connectivity index (χ0) is 24.9. The molecule has 0 bridgehead atoms. The lowest BCUT2D eigenvalue weighted by atomic mass is 9.96. The first-order valence-electron chi connectivity index (χ1n) is 11.3. The highest BCUT2D eigenvalue weighted by Crippen LogP contribution is 2.51. The molecule has 1 amide bonds. The van der Waals surface area contributed by atoms with Gasteiger partial charge in [-0.2, -0.15) is 5.26 Å². The third kappa shape index (κ3) is 3.55. The van der Waals surface area contributed by atoms with Crippen molar-refractivity contribution in [2.75, 3.05) is 26.1 Å². The molecule has 35 heavy (non-hydrogen) atoms. The van der Waals surface area contributed by atoms with Crippen LogP contribution in [0.1, 0.15) is 30.0 Å². The Labute approximate surface area is 204 Å². The van der Waals surface area contributed by atoms with Crippen LogP contribution in [0.4, 0.5) is 11.4 Å². The number of hydrogen-bond acceptors (Lipinski definition) is 6. The molecular weight excluding hydrogens is 438 g/mol. The summed E-state index contributed by atoms with van der Waals surface area (Å²) in [6.45, 7) is 6.00. The number of ether oxygens (including phenoxy) is 1. The van der Waals surface area contributed by atoms with E-state index in [-0.39, 0.29) is 11.8 Å². The summed E-state index contributed by atoms with van der Waals surface area (Å²) in [5, 5.41) is 10.5. The van der Waals surface area contributed by atoms with Crippen LogP contribution in [-0.4, -0.2) is 42.0 Å². The smallest absolute Gasteiger partial charge is 0.263 e. The lowest BCUT2D eigenvalue weighted by Crippen LogP contribution is -2.21. The fourth-order valence-corrected chi connectivity index (χ4v) is 4.71. The summed E-state index contributed by atoms with van der Waals surface area (Å²) >= 11 is 0. The third-order valence-corrected chi connectivity index (χ3v) is 6.44. The number of anilines is 2. The Bertz CT molecular complexity index is 1510. The number of rotatable bonds is 5. The fourth-order valence-electron chi connectivity index (χ4n) is 4.71. The minimum Gasteiger partial charge on any atom is -0.496 e. The van der Waals surface area contributed by atoms with E-state index in [0.29, 0.717) is 33.8 Å². The molecule has 7 nitrogen and oxygen atoms in total. The third-order valence-electron chi connectivity index (χ3n) is 6.44. The van der Waals surface area contributed by atoms with Crippen molar-refractivity contribution in [3.05, 3.63) is 77.9 Å². The van der Waals surface area contributed by atoms with Gasteiger partial charge in [-0.05, 0) is 31.1 Å². The molecule has 2 aliphatic rings. The van der Waals surface area contributed by atoms with Gasteiger partial charge in [0.15, 0.2) is 0 Å². The summed E-state index contributed by atoms with van der Waals surface area (Å²) in [7, 11) is 5.63. The lowest BCUT2D eigenvalue weighted by Gasteiger charge is -2.21. The summed E-state index contributed by atoms with van der Waals surface area (Å²) < 4.78 is 5.79. The summed E-state index contributed by atoms with van der Waals surface area (Å²) in [6.07, 6.45) is 9.60. The Morgan fingerprint density at radius 3 is 2.74 bits per heavy atom. The summed E-state index contributed by atoms with van der Waals surface area (Å²) in [5.41, 5.74) is 6.73. The number of pyridine rings is 2. The van der Waals surface area contributed by atoms with Gasteiger partial charge in [-0.1, -0.05) is 18.2 Å². The van der Waals surface area contributed by atoms with Gasteiger partial charge >= 0.3 is 0 Å². The standard InChI is InChI=1S/C28H25N5O2/c1-6-18-22-14-31-24-11-26(35-5)20(23(15-32(3)4)19-9-16(19)2)10-21(24)27(22)33(28(18)34)25-7-8-30-13-17(25)12-29/h6-8,10-11,13-15,19H,2,9H2,1,3-5H3/b18-6?,23-15+. The van der Waals surface area contributed by atoms with Crippen molar-refractivity contribution < 1.29 is 9.53 Å². The number of carbonyl (C=O) groups excluding carboxylic acids is 1. The van der Waals surface area contributed by atoms with Crippen LogP contribution in [0.15, 0.2) is 61.2 Å². The summed E-state index contributed by atoms with van der Waals surface area (Å²) in [6, 6.07) is 7.82. The number of methoxy groups -OCH3 is 1. The molecule has 1 atom stereocenters. The quantitative estimate of drug-likeness (QED) is 0.388. The first-order chi connectivity index (χ1) is 16.9. The van der Waals surface area contributed by atoms with Crippen LogP contribution < -0.4 is 9.64 Å². The largest absolute Gasteiger partial charge is 0.496 e. The first kappa shape index (κ1) is 22.4. The van der Waals surface area contributed by atoms with Gasteiger partial charge in [-0.3, -0.25) is 19.7 Å². The van der Waals surface area contributed by atoms with E-state index in [1.165, 1.54) is 11.8 Å². The molecule has 1 aromatic carbocycles. The molecule has 174 valence electrons. The second-order valence-corrected chi connectivity index (χ2v) is 8.90. The Morgan fingerprint density at radius 1 is 1.34 bits per heavy atom. The number of nitriles is 1.